The highest BCUT2D eigenvalue weighted by Crippen LogP contribution is 2.49. The molecule has 2 nitrogen and oxygen atoms in total. The van der Waals surface area contributed by atoms with Crippen molar-refractivity contribution in [3.63, 3.8) is 0 Å². The highest BCUT2D eigenvalue weighted by Gasteiger charge is 2.40. The Labute approximate surface area is 128 Å². The van der Waals surface area contributed by atoms with E-state index in [9.17, 15) is 4.79 Å². The number of amides is 1. The average molecular weight is 285 g/mol. The Morgan fingerprint density at radius 2 is 1.95 bits per heavy atom. The van der Waals surface area contributed by atoms with Gasteiger partial charge in [0.05, 0.1) is 0 Å². The minimum Gasteiger partial charge on any atom is -0.336 e. The zero-order valence-electron chi connectivity index (χ0n) is 13.3. The fraction of sp³-hybridized carbons (Fsp3) is 0.632. The molecule has 0 N–H and O–H groups in total. The summed E-state index contributed by atoms with van der Waals surface area (Å²) >= 11 is 0. The number of benzene rings is 1. The largest absolute Gasteiger partial charge is 0.336 e. The highest BCUT2D eigenvalue weighted by molar-refractivity contribution is 5.76. The predicted octanol–water partition coefficient (Wildman–Crippen LogP) is 4.25. The fourth-order valence-electron chi connectivity index (χ4n) is 4.31. The van der Waals surface area contributed by atoms with Crippen molar-refractivity contribution in [1.29, 1.82) is 0 Å². The zero-order valence-corrected chi connectivity index (χ0v) is 13.3. The first-order chi connectivity index (χ1) is 10.1. The first kappa shape index (κ1) is 14.6. The molecule has 3 unspecified atom stereocenters. The van der Waals surface area contributed by atoms with Gasteiger partial charge in [0, 0.05) is 19.0 Å². The van der Waals surface area contributed by atoms with Gasteiger partial charge >= 0.3 is 0 Å². The SMILES string of the molecule is CC(C)N(Cc1ccccc1)C(=O)CC1CC2CCC1C2. The number of hydrogen-bond donors (Lipinski definition) is 0. The van der Waals surface area contributed by atoms with Crippen LogP contribution in [0.3, 0.4) is 0 Å². The number of carbonyl (C=O) groups is 1. The van der Waals surface area contributed by atoms with Crippen LogP contribution in [0.1, 0.15) is 51.5 Å². The Kier molecular flexibility index (Phi) is 4.32. The van der Waals surface area contributed by atoms with E-state index in [1.807, 2.05) is 18.2 Å². The number of hydrogen-bond acceptors (Lipinski definition) is 1. The van der Waals surface area contributed by atoms with Gasteiger partial charge in [-0.1, -0.05) is 36.8 Å². The minimum absolute atomic E-state index is 0.274. The first-order valence-electron chi connectivity index (χ1n) is 8.47. The van der Waals surface area contributed by atoms with E-state index in [-0.39, 0.29) is 6.04 Å². The molecule has 2 aliphatic rings. The van der Waals surface area contributed by atoms with Crippen molar-refractivity contribution in [2.45, 2.75) is 58.5 Å². The normalized spacial score (nSPS) is 27.3. The van der Waals surface area contributed by atoms with E-state index in [2.05, 4.69) is 30.9 Å². The standard InChI is InChI=1S/C19H27NO/c1-14(2)20(13-15-6-4-3-5-7-15)19(21)12-18-11-16-8-9-17(18)10-16/h3-7,14,16-18H,8-13H2,1-2H3. The average Bonchev–Trinajstić information content (AvgIpc) is 3.08. The molecule has 0 heterocycles. The molecule has 0 aromatic heterocycles. The number of rotatable bonds is 5. The summed E-state index contributed by atoms with van der Waals surface area (Å²) < 4.78 is 0. The van der Waals surface area contributed by atoms with Crippen molar-refractivity contribution in [2.24, 2.45) is 17.8 Å². The topological polar surface area (TPSA) is 20.3 Å². The third-order valence-corrected chi connectivity index (χ3v) is 5.46. The second kappa shape index (κ2) is 6.21. The van der Waals surface area contributed by atoms with Crippen molar-refractivity contribution in [1.82, 2.24) is 4.90 Å². The maximum absolute atomic E-state index is 12.7. The van der Waals surface area contributed by atoms with Gasteiger partial charge in [-0.15, -0.1) is 0 Å². The Morgan fingerprint density at radius 1 is 1.19 bits per heavy atom. The molecule has 2 saturated carbocycles. The molecule has 1 amide bonds. The van der Waals surface area contributed by atoms with Crippen LogP contribution in [0, 0.1) is 17.8 Å². The van der Waals surface area contributed by atoms with Gasteiger partial charge in [0.25, 0.3) is 0 Å². The Hall–Kier alpha value is -1.31. The highest BCUT2D eigenvalue weighted by atomic mass is 16.2. The predicted molar refractivity (Wildman–Crippen MR) is 85.7 cm³/mol. The van der Waals surface area contributed by atoms with Crippen molar-refractivity contribution in [3.8, 4) is 0 Å². The summed E-state index contributed by atoms with van der Waals surface area (Å²) in [7, 11) is 0. The third kappa shape index (κ3) is 3.30. The van der Waals surface area contributed by atoms with Gasteiger partial charge in [0.2, 0.25) is 5.91 Å². The molecule has 2 heteroatoms. The Bertz CT molecular complexity index is 482. The van der Waals surface area contributed by atoms with Crippen LogP contribution in [0.5, 0.6) is 0 Å². The maximum Gasteiger partial charge on any atom is 0.223 e. The van der Waals surface area contributed by atoms with E-state index in [0.29, 0.717) is 11.8 Å². The van der Waals surface area contributed by atoms with Crippen LogP contribution < -0.4 is 0 Å². The number of fused-ring (bicyclic) bond motifs is 2. The van der Waals surface area contributed by atoms with Crippen LogP contribution in [0.2, 0.25) is 0 Å². The summed E-state index contributed by atoms with van der Waals surface area (Å²) in [5, 5.41) is 0. The van der Waals surface area contributed by atoms with Crippen LogP contribution >= 0.6 is 0 Å². The maximum atomic E-state index is 12.7. The summed E-state index contributed by atoms with van der Waals surface area (Å²) in [4.78, 5) is 14.8. The lowest BCUT2D eigenvalue weighted by Gasteiger charge is -2.30. The second-order valence-electron chi connectivity index (χ2n) is 7.24. The molecule has 0 saturated heterocycles. The summed E-state index contributed by atoms with van der Waals surface area (Å²) in [6.07, 6.45) is 6.23. The minimum atomic E-state index is 0.274. The fourth-order valence-corrected chi connectivity index (χ4v) is 4.31. The van der Waals surface area contributed by atoms with Crippen LogP contribution in [-0.4, -0.2) is 16.8 Å². The molecule has 0 aliphatic heterocycles. The molecular weight excluding hydrogens is 258 g/mol. The molecule has 1 aromatic carbocycles. The van der Waals surface area contributed by atoms with Crippen molar-refractivity contribution in [2.75, 3.05) is 0 Å². The van der Waals surface area contributed by atoms with Crippen LogP contribution in [-0.2, 0) is 11.3 Å². The van der Waals surface area contributed by atoms with Gasteiger partial charge < -0.3 is 4.90 Å². The second-order valence-corrected chi connectivity index (χ2v) is 7.24. The molecule has 21 heavy (non-hydrogen) atoms. The van der Waals surface area contributed by atoms with Crippen LogP contribution in [0.4, 0.5) is 0 Å². The summed E-state index contributed by atoms with van der Waals surface area (Å²) in [6, 6.07) is 10.6. The molecule has 1 aromatic rings. The molecule has 0 radical (unpaired) electrons. The lowest BCUT2D eigenvalue weighted by molar-refractivity contribution is -0.135. The monoisotopic (exact) mass is 285 g/mol. The van der Waals surface area contributed by atoms with Crippen molar-refractivity contribution < 1.29 is 4.79 Å². The smallest absolute Gasteiger partial charge is 0.223 e. The molecule has 2 fully saturated rings. The van der Waals surface area contributed by atoms with Gasteiger partial charge in [-0.3, -0.25) is 4.79 Å². The Morgan fingerprint density at radius 3 is 2.52 bits per heavy atom. The molecule has 3 atom stereocenters. The lowest BCUT2D eigenvalue weighted by atomic mass is 9.86. The van der Waals surface area contributed by atoms with E-state index >= 15 is 0 Å². The van der Waals surface area contributed by atoms with E-state index < -0.39 is 0 Å². The van der Waals surface area contributed by atoms with Crippen LogP contribution in [0.15, 0.2) is 30.3 Å². The molecular formula is C19H27NO. The van der Waals surface area contributed by atoms with Gasteiger partial charge in [-0.2, -0.15) is 0 Å². The molecule has 3 rings (SSSR count). The van der Waals surface area contributed by atoms with Crippen molar-refractivity contribution >= 4 is 5.91 Å². The summed E-state index contributed by atoms with van der Waals surface area (Å²) in [5.74, 6) is 2.78. The quantitative estimate of drug-likeness (QED) is 0.792. The molecule has 0 spiro atoms. The third-order valence-electron chi connectivity index (χ3n) is 5.46. The van der Waals surface area contributed by atoms with Crippen molar-refractivity contribution in [3.05, 3.63) is 35.9 Å². The van der Waals surface area contributed by atoms with E-state index in [1.165, 1.54) is 31.2 Å². The number of nitrogens with zero attached hydrogens (tertiary/aromatic N) is 1. The number of carbonyl (C=O) groups excluding carboxylic acids is 1. The van der Waals surface area contributed by atoms with Gasteiger partial charge in [0.1, 0.15) is 0 Å². The van der Waals surface area contributed by atoms with Crippen LogP contribution in [0.25, 0.3) is 0 Å². The van der Waals surface area contributed by atoms with Gasteiger partial charge in [-0.25, -0.2) is 0 Å². The molecule has 2 aliphatic carbocycles. The first-order valence-corrected chi connectivity index (χ1v) is 8.47. The van der Waals surface area contributed by atoms with Gasteiger partial charge in [0.15, 0.2) is 0 Å². The van der Waals surface area contributed by atoms with E-state index in [0.717, 1.165) is 24.8 Å². The lowest BCUT2D eigenvalue weighted by Crippen LogP contribution is -2.37. The van der Waals surface area contributed by atoms with E-state index in [4.69, 9.17) is 0 Å². The summed E-state index contributed by atoms with van der Waals surface area (Å²) in [5.41, 5.74) is 1.23. The molecule has 114 valence electrons. The van der Waals surface area contributed by atoms with E-state index in [1.54, 1.807) is 0 Å². The zero-order chi connectivity index (χ0) is 14.8. The Balaban J connectivity index is 1.62. The molecule has 2 bridgehead atoms. The summed E-state index contributed by atoms with van der Waals surface area (Å²) in [6.45, 7) is 5.00. The van der Waals surface area contributed by atoms with Gasteiger partial charge in [-0.05, 0) is 56.4 Å².